The minimum atomic E-state index is -4.33. The number of urea groups is 1. The maximum Gasteiger partial charge on any atom is 0.390 e. The zero-order valence-corrected chi connectivity index (χ0v) is 11.0. The largest absolute Gasteiger partial charge is 0.481 e. The van der Waals surface area contributed by atoms with Crippen LogP contribution in [0.25, 0.3) is 0 Å². The van der Waals surface area contributed by atoms with Gasteiger partial charge in [0, 0.05) is 20.1 Å². The van der Waals surface area contributed by atoms with Gasteiger partial charge < -0.3 is 19.6 Å². The third-order valence-corrected chi connectivity index (χ3v) is 2.94. The Bertz CT molecular complexity index is 362. The van der Waals surface area contributed by atoms with Crippen molar-refractivity contribution in [3.05, 3.63) is 0 Å². The van der Waals surface area contributed by atoms with Crippen LogP contribution < -0.4 is 0 Å². The zero-order chi connectivity index (χ0) is 15.3. The number of ether oxygens (including phenoxy) is 1. The molecule has 0 aromatic carbocycles. The minimum absolute atomic E-state index is 0.0746. The van der Waals surface area contributed by atoms with Crippen molar-refractivity contribution in [3.63, 3.8) is 0 Å². The number of carboxylic acids is 1. The van der Waals surface area contributed by atoms with Crippen molar-refractivity contribution in [1.82, 2.24) is 9.80 Å². The molecule has 0 aromatic rings. The van der Waals surface area contributed by atoms with Gasteiger partial charge in [-0.05, 0) is 0 Å². The number of morpholine rings is 1. The van der Waals surface area contributed by atoms with Crippen LogP contribution in [0.4, 0.5) is 18.0 Å². The highest BCUT2D eigenvalue weighted by Gasteiger charge is 2.33. The van der Waals surface area contributed by atoms with Crippen LogP contribution in [-0.4, -0.2) is 72.5 Å². The molecule has 1 saturated heterocycles. The summed E-state index contributed by atoms with van der Waals surface area (Å²) in [6.07, 6.45) is -5.72. The molecule has 0 spiro atoms. The average Bonchev–Trinajstić information content (AvgIpc) is 2.34. The molecular weight excluding hydrogens is 281 g/mol. The molecule has 0 aliphatic carbocycles. The van der Waals surface area contributed by atoms with Gasteiger partial charge in [-0.15, -0.1) is 0 Å². The smallest absolute Gasteiger partial charge is 0.390 e. The number of hydrogen-bond donors (Lipinski definition) is 1. The lowest BCUT2D eigenvalue weighted by Crippen LogP contribution is -2.53. The summed E-state index contributed by atoms with van der Waals surface area (Å²) in [5, 5.41) is 8.76. The number of hydrogen-bond acceptors (Lipinski definition) is 3. The topological polar surface area (TPSA) is 70.1 Å². The monoisotopic (exact) mass is 298 g/mol. The molecule has 1 aliphatic rings. The van der Waals surface area contributed by atoms with Crippen molar-refractivity contribution in [2.24, 2.45) is 0 Å². The van der Waals surface area contributed by atoms with Crippen molar-refractivity contribution in [3.8, 4) is 0 Å². The first-order valence-electron chi connectivity index (χ1n) is 6.08. The lowest BCUT2D eigenvalue weighted by molar-refractivity contribution is -0.139. The molecule has 0 radical (unpaired) electrons. The molecule has 116 valence electrons. The molecule has 6 nitrogen and oxygen atoms in total. The Morgan fingerprint density at radius 3 is 2.65 bits per heavy atom. The van der Waals surface area contributed by atoms with Crippen LogP contribution in [0.3, 0.4) is 0 Å². The summed E-state index contributed by atoms with van der Waals surface area (Å²) in [4.78, 5) is 25.0. The SMILES string of the molecule is CN(CCC(F)(F)F)C(=O)N1CCOCC1CC(=O)O. The third kappa shape index (κ3) is 5.24. The molecule has 1 atom stereocenters. The summed E-state index contributed by atoms with van der Waals surface area (Å²) in [5.41, 5.74) is 0. The molecule has 1 unspecified atom stereocenters. The van der Waals surface area contributed by atoms with Gasteiger partial charge in [0.05, 0.1) is 32.1 Å². The first-order valence-corrected chi connectivity index (χ1v) is 6.08. The molecule has 1 fully saturated rings. The highest BCUT2D eigenvalue weighted by atomic mass is 19.4. The minimum Gasteiger partial charge on any atom is -0.481 e. The van der Waals surface area contributed by atoms with Gasteiger partial charge in [-0.25, -0.2) is 4.79 Å². The Morgan fingerprint density at radius 2 is 2.10 bits per heavy atom. The number of nitrogens with zero attached hydrogens (tertiary/aromatic N) is 2. The maximum atomic E-state index is 12.1. The number of halogens is 3. The predicted octanol–water partition coefficient (Wildman–Crippen LogP) is 1.17. The lowest BCUT2D eigenvalue weighted by atomic mass is 10.1. The van der Waals surface area contributed by atoms with E-state index in [1.165, 1.54) is 11.9 Å². The number of rotatable bonds is 4. The van der Waals surface area contributed by atoms with Crippen molar-refractivity contribution >= 4 is 12.0 Å². The Hall–Kier alpha value is -1.51. The van der Waals surface area contributed by atoms with Gasteiger partial charge in [-0.2, -0.15) is 13.2 Å². The van der Waals surface area contributed by atoms with Crippen molar-refractivity contribution in [2.45, 2.75) is 25.1 Å². The highest BCUT2D eigenvalue weighted by Crippen LogP contribution is 2.20. The molecule has 9 heteroatoms. The fraction of sp³-hybridized carbons (Fsp3) is 0.818. The predicted molar refractivity (Wildman–Crippen MR) is 62.3 cm³/mol. The summed E-state index contributed by atoms with van der Waals surface area (Å²) < 4.78 is 41.5. The van der Waals surface area contributed by atoms with E-state index in [9.17, 15) is 22.8 Å². The van der Waals surface area contributed by atoms with Gasteiger partial charge in [-0.3, -0.25) is 4.79 Å². The number of aliphatic carboxylic acids is 1. The molecule has 0 bridgehead atoms. The third-order valence-electron chi connectivity index (χ3n) is 2.94. The van der Waals surface area contributed by atoms with E-state index in [0.717, 1.165) is 4.90 Å². The number of amides is 2. The second-order valence-electron chi connectivity index (χ2n) is 4.59. The van der Waals surface area contributed by atoms with Gasteiger partial charge in [0.1, 0.15) is 0 Å². The summed E-state index contributed by atoms with van der Waals surface area (Å²) >= 11 is 0. The second-order valence-corrected chi connectivity index (χ2v) is 4.59. The van der Waals surface area contributed by atoms with Crippen molar-refractivity contribution in [1.29, 1.82) is 0 Å². The standard InChI is InChI=1S/C11H17F3N2O4/c1-15(3-2-11(12,13)14)10(19)16-4-5-20-7-8(16)6-9(17)18/h8H,2-7H2,1H3,(H,17,18). The first kappa shape index (κ1) is 16.5. The average molecular weight is 298 g/mol. The van der Waals surface area contributed by atoms with Crippen LogP contribution in [0.5, 0.6) is 0 Å². The summed E-state index contributed by atoms with van der Waals surface area (Å²) in [6, 6.07) is -1.26. The van der Waals surface area contributed by atoms with Crippen LogP contribution in [0.1, 0.15) is 12.8 Å². The number of carbonyl (C=O) groups excluding carboxylic acids is 1. The van der Waals surface area contributed by atoms with E-state index >= 15 is 0 Å². The molecule has 1 aliphatic heterocycles. The number of carbonyl (C=O) groups is 2. The Balaban J connectivity index is 2.60. The van der Waals surface area contributed by atoms with E-state index < -0.39 is 37.2 Å². The Kier molecular flexibility index (Phi) is 5.61. The molecule has 1 N–H and O–H groups in total. The van der Waals surface area contributed by atoms with Crippen LogP contribution in [0, 0.1) is 0 Å². The molecule has 20 heavy (non-hydrogen) atoms. The molecular formula is C11H17F3N2O4. The van der Waals surface area contributed by atoms with E-state index in [1.807, 2.05) is 0 Å². The number of carboxylic acid groups (broad SMARTS) is 1. The normalized spacial score (nSPS) is 19.8. The van der Waals surface area contributed by atoms with Crippen molar-refractivity contribution < 1.29 is 32.6 Å². The van der Waals surface area contributed by atoms with Crippen LogP contribution in [0.15, 0.2) is 0 Å². The quantitative estimate of drug-likeness (QED) is 0.845. The van der Waals surface area contributed by atoms with Gasteiger partial charge in [0.25, 0.3) is 0 Å². The van der Waals surface area contributed by atoms with E-state index in [2.05, 4.69) is 0 Å². The summed E-state index contributed by atoms with van der Waals surface area (Å²) in [6.45, 7) is 0.0345. The van der Waals surface area contributed by atoms with Crippen LogP contribution >= 0.6 is 0 Å². The molecule has 1 heterocycles. The van der Waals surface area contributed by atoms with Crippen LogP contribution in [-0.2, 0) is 9.53 Å². The van der Waals surface area contributed by atoms with Gasteiger partial charge in [-0.1, -0.05) is 0 Å². The Labute approximate surface area is 114 Å². The van der Waals surface area contributed by atoms with Gasteiger partial charge in [0.15, 0.2) is 0 Å². The maximum absolute atomic E-state index is 12.1. The summed E-state index contributed by atoms with van der Waals surface area (Å²) in [7, 11) is 1.27. The molecule has 0 aromatic heterocycles. The number of alkyl halides is 3. The molecule has 1 rings (SSSR count). The Morgan fingerprint density at radius 1 is 1.45 bits per heavy atom. The molecule has 0 saturated carbocycles. The lowest BCUT2D eigenvalue weighted by Gasteiger charge is -2.37. The van der Waals surface area contributed by atoms with Crippen molar-refractivity contribution in [2.75, 3.05) is 33.4 Å². The van der Waals surface area contributed by atoms with E-state index in [-0.39, 0.29) is 26.2 Å². The zero-order valence-electron chi connectivity index (χ0n) is 11.0. The molecule has 2 amide bonds. The summed E-state index contributed by atoms with van der Waals surface area (Å²) in [5.74, 6) is -1.09. The van der Waals surface area contributed by atoms with E-state index in [0.29, 0.717) is 0 Å². The fourth-order valence-electron chi connectivity index (χ4n) is 1.89. The van der Waals surface area contributed by atoms with Gasteiger partial charge >= 0.3 is 18.2 Å². The van der Waals surface area contributed by atoms with E-state index in [4.69, 9.17) is 9.84 Å². The van der Waals surface area contributed by atoms with Crippen LogP contribution in [0.2, 0.25) is 0 Å². The van der Waals surface area contributed by atoms with Gasteiger partial charge in [0.2, 0.25) is 0 Å². The first-order chi connectivity index (χ1) is 9.20. The van der Waals surface area contributed by atoms with E-state index in [1.54, 1.807) is 0 Å². The highest BCUT2D eigenvalue weighted by molar-refractivity contribution is 5.76. The second kappa shape index (κ2) is 6.78. The fourth-order valence-corrected chi connectivity index (χ4v) is 1.89.